The van der Waals surface area contributed by atoms with Gasteiger partial charge in [-0.3, -0.25) is 4.79 Å². The molecule has 28 heavy (non-hydrogen) atoms. The molecule has 0 atom stereocenters. The molecule has 152 valence electrons. The molecular formula is C20H25Cl2N3O2S. The lowest BCUT2D eigenvalue weighted by Gasteiger charge is -2.38. The van der Waals surface area contributed by atoms with Crippen molar-refractivity contribution in [3.63, 3.8) is 0 Å². The van der Waals surface area contributed by atoms with Crippen LogP contribution in [0.2, 0.25) is 10.0 Å². The molecule has 2 aliphatic heterocycles. The number of amidine groups is 1. The number of benzene rings is 1. The lowest BCUT2D eigenvalue weighted by molar-refractivity contribution is -0.103. The normalized spacial score (nSPS) is 19.9. The van der Waals surface area contributed by atoms with E-state index >= 15 is 0 Å². The topological polar surface area (TPSA) is 45.1 Å². The van der Waals surface area contributed by atoms with Crippen LogP contribution in [0.5, 0.6) is 0 Å². The van der Waals surface area contributed by atoms with Crippen molar-refractivity contribution in [1.82, 2.24) is 9.80 Å². The maximum absolute atomic E-state index is 11.7. The van der Waals surface area contributed by atoms with Crippen molar-refractivity contribution in [2.45, 2.75) is 24.2 Å². The second-order valence-electron chi connectivity index (χ2n) is 7.41. The molecule has 0 saturated carbocycles. The van der Waals surface area contributed by atoms with Crippen LogP contribution in [-0.2, 0) is 9.53 Å². The highest BCUT2D eigenvalue weighted by Gasteiger charge is 2.38. The van der Waals surface area contributed by atoms with E-state index in [0.29, 0.717) is 21.3 Å². The molecular weight excluding hydrogens is 417 g/mol. The number of piperidine rings is 1. The van der Waals surface area contributed by atoms with Crippen molar-refractivity contribution < 1.29 is 9.53 Å². The number of aliphatic imine (C=N–C) groups is 1. The molecule has 2 saturated heterocycles. The van der Waals surface area contributed by atoms with Gasteiger partial charge in [-0.2, -0.15) is 0 Å². The second kappa shape index (κ2) is 9.53. The van der Waals surface area contributed by atoms with E-state index in [2.05, 4.69) is 9.89 Å². The molecule has 0 amide bonds. The van der Waals surface area contributed by atoms with Gasteiger partial charge in [0.05, 0.1) is 27.9 Å². The molecule has 5 nitrogen and oxygen atoms in total. The third-order valence-corrected chi connectivity index (χ3v) is 7.49. The number of hydrogen-bond donors (Lipinski definition) is 0. The molecule has 8 heteroatoms. The molecule has 2 aliphatic rings. The first-order valence-electron chi connectivity index (χ1n) is 9.29. The number of rotatable bonds is 5. The summed E-state index contributed by atoms with van der Waals surface area (Å²) in [6.07, 6.45) is 5.75. The SMILES string of the molecule is CN(C)/C(=C\N=C(C=O)N1CCC2(CCOC2)CC1)Sc1cccc(Cl)c1Cl. The fourth-order valence-corrected chi connectivity index (χ4v) is 4.80. The number of thioether (sulfide) groups is 1. The molecule has 1 aromatic carbocycles. The number of nitrogens with zero attached hydrogens (tertiary/aromatic N) is 3. The quantitative estimate of drug-likeness (QED) is 0.290. The van der Waals surface area contributed by atoms with Gasteiger partial charge in [0.1, 0.15) is 0 Å². The highest BCUT2D eigenvalue weighted by atomic mass is 35.5. The molecule has 1 spiro atoms. The summed E-state index contributed by atoms with van der Waals surface area (Å²) in [6, 6.07) is 5.53. The van der Waals surface area contributed by atoms with E-state index in [4.69, 9.17) is 27.9 Å². The molecule has 1 aromatic rings. The first kappa shape index (κ1) is 21.5. The minimum atomic E-state index is 0.300. The monoisotopic (exact) mass is 441 g/mol. The van der Waals surface area contributed by atoms with Crippen molar-refractivity contribution in [2.24, 2.45) is 10.4 Å². The third kappa shape index (κ3) is 5.03. The molecule has 0 unspecified atom stereocenters. The number of aldehydes is 1. The molecule has 0 aromatic heterocycles. The number of hydrogen-bond acceptors (Lipinski definition) is 5. The fraction of sp³-hybridized carbons (Fsp3) is 0.500. The smallest absolute Gasteiger partial charge is 0.185 e. The second-order valence-corrected chi connectivity index (χ2v) is 9.26. The van der Waals surface area contributed by atoms with E-state index in [0.717, 1.165) is 61.8 Å². The molecule has 0 aliphatic carbocycles. The van der Waals surface area contributed by atoms with Gasteiger partial charge in [0.15, 0.2) is 12.1 Å². The van der Waals surface area contributed by atoms with E-state index in [1.54, 1.807) is 12.3 Å². The number of carbonyl (C=O) groups excluding carboxylic acids is 1. The van der Waals surface area contributed by atoms with Crippen LogP contribution in [0, 0.1) is 5.41 Å². The Bertz CT molecular complexity index is 767. The van der Waals surface area contributed by atoms with Gasteiger partial charge < -0.3 is 14.5 Å². The van der Waals surface area contributed by atoms with E-state index in [1.807, 2.05) is 31.1 Å². The Hall–Kier alpha value is -1.21. The van der Waals surface area contributed by atoms with Gasteiger partial charge in [-0.15, -0.1) is 0 Å². The van der Waals surface area contributed by atoms with Gasteiger partial charge in [-0.25, -0.2) is 4.99 Å². The molecule has 2 fully saturated rings. The lowest BCUT2D eigenvalue weighted by Crippen LogP contribution is -2.44. The zero-order valence-corrected chi connectivity index (χ0v) is 18.5. The first-order chi connectivity index (χ1) is 13.4. The van der Waals surface area contributed by atoms with Crippen molar-refractivity contribution in [2.75, 3.05) is 40.4 Å². The summed E-state index contributed by atoms with van der Waals surface area (Å²) in [5.41, 5.74) is 0.300. The maximum atomic E-state index is 11.7. The van der Waals surface area contributed by atoms with Crippen LogP contribution in [0.25, 0.3) is 0 Å². The van der Waals surface area contributed by atoms with Crippen LogP contribution in [0.1, 0.15) is 19.3 Å². The van der Waals surface area contributed by atoms with Crippen LogP contribution in [0.3, 0.4) is 0 Å². The predicted octanol–water partition coefficient (Wildman–Crippen LogP) is 4.55. The standard InChI is InChI=1S/C20H25Cl2N3O2S/c1-24(2)18(28-16-5-3-4-15(21)19(16)22)12-23-17(13-26)25-9-6-20(7-10-25)8-11-27-14-20/h3-5,12-13H,6-11,14H2,1-2H3/b18-12+,23-17?. The number of carbonyl (C=O) groups is 1. The highest BCUT2D eigenvalue weighted by molar-refractivity contribution is 8.03. The Balaban J connectivity index is 1.73. The molecule has 0 radical (unpaired) electrons. The minimum Gasteiger partial charge on any atom is -0.381 e. The summed E-state index contributed by atoms with van der Waals surface area (Å²) in [5.74, 6) is 0.464. The van der Waals surface area contributed by atoms with Crippen molar-refractivity contribution in [3.05, 3.63) is 39.5 Å². The van der Waals surface area contributed by atoms with Gasteiger partial charge in [0.2, 0.25) is 0 Å². The van der Waals surface area contributed by atoms with Crippen molar-refractivity contribution >= 4 is 47.1 Å². The van der Waals surface area contributed by atoms with Gasteiger partial charge in [-0.1, -0.05) is 41.0 Å². The molecule has 2 heterocycles. The Labute approximate surface area is 180 Å². The average Bonchev–Trinajstić information content (AvgIpc) is 3.13. The van der Waals surface area contributed by atoms with Crippen LogP contribution < -0.4 is 0 Å². The largest absolute Gasteiger partial charge is 0.381 e. The van der Waals surface area contributed by atoms with Gasteiger partial charge in [-0.05, 0) is 36.8 Å². The Kier molecular flexibility index (Phi) is 7.31. The number of likely N-dealkylation sites (tertiary alicyclic amines) is 1. The molecule has 3 rings (SSSR count). The van der Waals surface area contributed by atoms with Crippen LogP contribution >= 0.6 is 35.0 Å². The summed E-state index contributed by atoms with van der Waals surface area (Å²) in [7, 11) is 3.86. The molecule has 0 bridgehead atoms. The third-order valence-electron chi connectivity index (χ3n) is 5.32. The zero-order chi connectivity index (χ0) is 20.1. The van der Waals surface area contributed by atoms with Crippen LogP contribution in [-0.4, -0.2) is 62.3 Å². The van der Waals surface area contributed by atoms with Gasteiger partial charge in [0.25, 0.3) is 0 Å². The zero-order valence-electron chi connectivity index (χ0n) is 16.2. The van der Waals surface area contributed by atoms with Gasteiger partial charge in [0, 0.05) is 38.7 Å². The predicted molar refractivity (Wildman–Crippen MR) is 116 cm³/mol. The summed E-state index contributed by atoms with van der Waals surface area (Å²) < 4.78 is 5.58. The average molecular weight is 442 g/mol. The van der Waals surface area contributed by atoms with Gasteiger partial charge >= 0.3 is 0 Å². The Morgan fingerprint density at radius 1 is 1.29 bits per heavy atom. The van der Waals surface area contributed by atoms with Crippen LogP contribution in [0.4, 0.5) is 0 Å². The lowest BCUT2D eigenvalue weighted by atomic mass is 9.78. The maximum Gasteiger partial charge on any atom is 0.185 e. The summed E-state index contributed by atoms with van der Waals surface area (Å²) in [4.78, 5) is 21.0. The highest BCUT2D eigenvalue weighted by Crippen LogP contribution is 2.39. The fourth-order valence-electron chi connectivity index (χ4n) is 3.47. The van der Waals surface area contributed by atoms with E-state index in [-0.39, 0.29) is 0 Å². The van der Waals surface area contributed by atoms with Crippen molar-refractivity contribution in [1.29, 1.82) is 0 Å². The Morgan fingerprint density at radius 3 is 2.64 bits per heavy atom. The van der Waals surface area contributed by atoms with Crippen LogP contribution in [0.15, 0.2) is 39.3 Å². The van der Waals surface area contributed by atoms with E-state index in [1.165, 1.54) is 11.8 Å². The van der Waals surface area contributed by atoms with E-state index < -0.39 is 0 Å². The summed E-state index contributed by atoms with van der Waals surface area (Å²) in [6.45, 7) is 3.36. The summed E-state index contributed by atoms with van der Waals surface area (Å²) in [5, 5.41) is 1.89. The minimum absolute atomic E-state index is 0.300. The Morgan fingerprint density at radius 2 is 2.04 bits per heavy atom. The number of ether oxygens (including phenoxy) is 1. The first-order valence-corrected chi connectivity index (χ1v) is 10.9. The summed E-state index contributed by atoms with van der Waals surface area (Å²) >= 11 is 13.9. The van der Waals surface area contributed by atoms with Crippen molar-refractivity contribution in [3.8, 4) is 0 Å². The van der Waals surface area contributed by atoms with E-state index in [9.17, 15) is 4.79 Å². The number of halogens is 2. The molecule has 0 N–H and O–H groups in total.